The van der Waals surface area contributed by atoms with Gasteiger partial charge in [-0.2, -0.15) is 4.98 Å². The lowest BCUT2D eigenvalue weighted by atomic mass is 9.94. The van der Waals surface area contributed by atoms with Gasteiger partial charge in [0.2, 0.25) is 23.5 Å². The van der Waals surface area contributed by atoms with Crippen molar-refractivity contribution in [3.05, 3.63) is 87.4 Å². The van der Waals surface area contributed by atoms with Crippen LogP contribution in [-0.2, 0) is 29.1 Å². The van der Waals surface area contributed by atoms with Crippen LogP contribution in [0.3, 0.4) is 0 Å². The topological polar surface area (TPSA) is 144 Å². The fourth-order valence-corrected chi connectivity index (χ4v) is 6.94. The van der Waals surface area contributed by atoms with Crippen LogP contribution in [0.25, 0.3) is 22.4 Å². The SMILES string of the molecule is COc1nc(-c2cccc(-c3cccc4c3CC[C@@H]4Oc3nc(OC)c(CN[C@H](C)C(=O)O)cc3C)c2Cl)ccc1CNC[C@@H]1CCC(=O)N1. The van der Waals surface area contributed by atoms with Gasteiger partial charge in [0.1, 0.15) is 12.1 Å². The molecule has 1 aliphatic carbocycles. The molecule has 2 aromatic carbocycles. The van der Waals surface area contributed by atoms with Crippen LogP contribution in [-0.4, -0.2) is 59.8 Å². The summed E-state index contributed by atoms with van der Waals surface area (Å²) < 4.78 is 17.7. The Morgan fingerprint density at radius 3 is 2.44 bits per heavy atom. The van der Waals surface area contributed by atoms with E-state index in [1.54, 1.807) is 21.1 Å². The van der Waals surface area contributed by atoms with Gasteiger partial charge in [0.25, 0.3) is 0 Å². The number of rotatable bonds is 14. The number of carbonyl (C=O) groups is 2. The third-order valence-electron chi connectivity index (χ3n) is 9.33. The first-order valence-electron chi connectivity index (χ1n) is 16.8. The van der Waals surface area contributed by atoms with Gasteiger partial charge in [-0.1, -0.05) is 54.1 Å². The van der Waals surface area contributed by atoms with Crippen molar-refractivity contribution in [1.29, 1.82) is 0 Å². The molecule has 0 saturated carbocycles. The van der Waals surface area contributed by atoms with Crippen molar-refractivity contribution < 1.29 is 28.9 Å². The maximum Gasteiger partial charge on any atom is 0.320 e. The van der Waals surface area contributed by atoms with Crippen molar-refractivity contribution in [1.82, 2.24) is 25.9 Å². The number of hydrogen-bond acceptors (Lipinski definition) is 9. The maximum atomic E-state index is 11.5. The number of halogens is 1. The molecule has 6 rings (SSSR count). The fraction of sp³-hybridized carbons (Fsp3) is 0.368. The molecule has 12 heteroatoms. The predicted molar refractivity (Wildman–Crippen MR) is 191 cm³/mol. The van der Waals surface area contributed by atoms with E-state index in [1.807, 2.05) is 49.4 Å². The van der Waals surface area contributed by atoms with E-state index in [-0.39, 0.29) is 18.1 Å². The number of aromatic nitrogens is 2. The second-order valence-corrected chi connectivity index (χ2v) is 13.1. The first-order chi connectivity index (χ1) is 24.2. The highest BCUT2D eigenvalue weighted by molar-refractivity contribution is 6.36. The smallest absolute Gasteiger partial charge is 0.320 e. The zero-order valence-corrected chi connectivity index (χ0v) is 29.4. The minimum Gasteiger partial charge on any atom is -0.481 e. The molecule has 2 aliphatic rings. The van der Waals surface area contributed by atoms with Crippen LogP contribution in [0, 0.1) is 6.92 Å². The van der Waals surface area contributed by atoms with Gasteiger partial charge in [-0.25, -0.2) is 4.98 Å². The van der Waals surface area contributed by atoms with Crippen LogP contribution >= 0.6 is 11.6 Å². The second-order valence-electron chi connectivity index (χ2n) is 12.7. The Morgan fingerprint density at radius 2 is 1.70 bits per heavy atom. The number of pyridine rings is 2. The van der Waals surface area contributed by atoms with Gasteiger partial charge in [-0.3, -0.25) is 9.59 Å². The number of hydrogen-bond donors (Lipinski definition) is 4. The average molecular weight is 700 g/mol. The molecule has 4 aromatic rings. The summed E-state index contributed by atoms with van der Waals surface area (Å²) in [6.45, 7) is 5.06. The number of carbonyl (C=O) groups excluding carboxylic acids is 1. The van der Waals surface area contributed by atoms with Gasteiger partial charge in [0, 0.05) is 59.9 Å². The van der Waals surface area contributed by atoms with E-state index >= 15 is 0 Å². The molecule has 2 aromatic heterocycles. The van der Waals surface area contributed by atoms with Gasteiger partial charge in [0.05, 0.1) is 24.9 Å². The highest BCUT2D eigenvalue weighted by Crippen LogP contribution is 2.44. The Balaban J connectivity index is 1.21. The van der Waals surface area contributed by atoms with E-state index in [0.29, 0.717) is 54.4 Å². The van der Waals surface area contributed by atoms with Crippen LogP contribution < -0.4 is 30.2 Å². The maximum absolute atomic E-state index is 11.5. The van der Waals surface area contributed by atoms with E-state index in [4.69, 9.17) is 30.8 Å². The molecule has 0 spiro atoms. The molecule has 1 amide bonds. The van der Waals surface area contributed by atoms with Crippen molar-refractivity contribution in [3.8, 4) is 40.0 Å². The highest BCUT2D eigenvalue weighted by atomic mass is 35.5. The van der Waals surface area contributed by atoms with Crippen molar-refractivity contribution in [2.24, 2.45) is 0 Å². The van der Waals surface area contributed by atoms with Crippen molar-refractivity contribution in [3.63, 3.8) is 0 Å². The molecule has 4 N–H and O–H groups in total. The predicted octanol–water partition coefficient (Wildman–Crippen LogP) is 5.79. The van der Waals surface area contributed by atoms with Crippen LogP contribution in [0.4, 0.5) is 0 Å². The van der Waals surface area contributed by atoms with Crippen LogP contribution in [0.15, 0.2) is 54.6 Å². The molecule has 50 heavy (non-hydrogen) atoms. The molecule has 0 unspecified atom stereocenters. The number of carboxylic acid groups (broad SMARTS) is 1. The summed E-state index contributed by atoms with van der Waals surface area (Å²) in [5.74, 6) is 0.560. The molecule has 0 bridgehead atoms. The summed E-state index contributed by atoms with van der Waals surface area (Å²) in [5.41, 5.74) is 8.23. The highest BCUT2D eigenvalue weighted by Gasteiger charge is 2.29. The number of aryl methyl sites for hydroxylation is 1. The Kier molecular flexibility index (Phi) is 10.9. The Hall–Kier alpha value is -4.71. The van der Waals surface area contributed by atoms with E-state index < -0.39 is 12.0 Å². The lowest BCUT2D eigenvalue weighted by Gasteiger charge is -2.19. The number of methoxy groups -OCH3 is 2. The van der Waals surface area contributed by atoms with Crippen molar-refractivity contribution in [2.75, 3.05) is 20.8 Å². The number of aliphatic carboxylic acids is 1. The lowest BCUT2D eigenvalue weighted by Crippen LogP contribution is -2.35. The number of nitrogens with zero attached hydrogens (tertiary/aromatic N) is 2. The molecule has 3 atom stereocenters. The average Bonchev–Trinajstić information content (AvgIpc) is 3.73. The summed E-state index contributed by atoms with van der Waals surface area (Å²) in [6.07, 6.45) is 2.78. The normalized spacial score (nSPS) is 17.3. The number of benzene rings is 2. The van der Waals surface area contributed by atoms with Crippen molar-refractivity contribution in [2.45, 2.75) is 70.8 Å². The molecule has 1 aliphatic heterocycles. The molecule has 0 radical (unpaired) electrons. The third kappa shape index (κ3) is 7.55. The van der Waals surface area contributed by atoms with E-state index in [2.05, 4.69) is 33.1 Å². The number of carboxylic acids is 1. The standard InChI is InChI=1S/C38H42ClN5O6/c1-21-17-24(19-41-22(2)38(46)47)37(49-4)44-35(21)50-32-15-13-27-26(7-5-8-28(27)32)29-9-6-10-30(34(29)39)31-14-11-23(36(43-31)48-3)18-40-20-25-12-16-33(45)42-25/h5-11,14,17,22,25,32,40-41H,12-13,15-16,18-20H2,1-4H3,(H,42,45)(H,46,47)/t22-,25+,32+/m1/s1. The first kappa shape index (κ1) is 35.1. The Labute approximate surface area is 296 Å². The number of ether oxygens (including phenoxy) is 3. The summed E-state index contributed by atoms with van der Waals surface area (Å²) in [6, 6.07) is 17.5. The monoisotopic (exact) mass is 699 g/mol. The number of fused-ring (bicyclic) bond motifs is 1. The minimum atomic E-state index is -0.926. The summed E-state index contributed by atoms with van der Waals surface area (Å²) in [7, 11) is 3.15. The molecular formula is C38H42ClN5O6. The zero-order chi connectivity index (χ0) is 35.4. The van der Waals surface area contributed by atoms with Gasteiger partial charge in [-0.15, -0.1) is 0 Å². The molecule has 11 nitrogen and oxygen atoms in total. The molecule has 1 fully saturated rings. The summed E-state index contributed by atoms with van der Waals surface area (Å²) in [4.78, 5) is 32.3. The zero-order valence-electron chi connectivity index (χ0n) is 28.6. The molecule has 1 saturated heterocycles. The molecule has 3 heterocycles. The molecule has 262 valence electrons. The summed E-state index contributed by atoms with van der Waals surface area (Å²) in [5, 5.41) is 19.2. The summed E-state index contributed by atoms with van der Waals surface area (Å²) >= 11 is 7.16. The van der Waals surface area contributed by atoms with Gasteiger partial charge in [-0.05, 0) is 61.9 Å². The minimum absolute atomic E-state index is 0.101. The van der Waals surface area contributed by atoms with Gasteiger partial charge < -0.3 is 35.3 Å². The van der Waals surface area contributed by atoms with Gasteiger partial charge >= 0.3 is 5.97 Å². The van der Waals surface area contributed by atoms with Crippen LogP contribution in [0.1, 0.15) is 60.1 Å². The van der Waals surface area contributed by atoms with E-state index in [0.717, 1.165) is 58.2 Å². The first-order valence-corrected chi connectivity index (χ1v) is 17.2. The number of nitrogens with one attached hydrogen (secondary N) is 3. The third-order valence-corrected chi connectivity index (χ3v) is 9.73. The second kappa shape index (κ2) is 15.5. The quantitative estimate of drug-likeness (QED) is 0.128. The largest absolute Gasteiger partial charge is 0.481 e. The van der Waals surface area contributed by atoms with Crippen LogP contribution in [0.5, 0.6) is 17.6 Å². The van der Waals surface area contributed by atoms with Crippen molar-refractivity contribution >= 4 is 23.5 Å². The van der Waals surface area contributed by atoms with Crippen LogP contribution in [0.2, 0.25) is 5.02 Å². The van der Waals surface area contributed by atoms with E-state index in [9.17, 15) is 14.7 Å². The Morgan fingerprint density at radius 1 is 0.960 bits per heavy atom. The van der Waals surface area contributed by atoms with Gasteiger partial charge in [0.15, 0.2) is 0 Å². The fourth-order valence-electron chi connectivity index (χ4n) is 6.62. The Bertz CT molecular complexity index is 1900. The van der Waals surface area contributed by atoms with E-state index in [1.165, 1.54) is 5.56 Å². The molecular weight excluding hydrogens is 658 g/mol. The number of amides is 1. The lowest BCUT2D eigenvalue weighted by molar-refractivity contribution is -0.139.